The first-order valence-electron chi connectivity index (χ1n) is 9.90. The lowest BCUT2D eigenvalue weighted by Crippen LogP contribution is -2.63. The molecule has 2 aliphatic heterocycles. The Morgan fingerprint density at radius 2 is 1.93 bits per heavy atom. The lowest BCUT2D eigenvalue weighted by atomic mass is 10.00. The maximum absolute atomic E-state index is 12.5. The molecule has 1 aliphatic carbocycles. The van der Waals surface area contributed by atoms with Crippen LogP contribution in [0.4, 0.5) is 0 Å². The maximum Gasteiger partial charge on any atom is 0.333 e. The van der Waals surface area contributed by atoms with Gasteiger partial charge in [-0.2, -0.15) is 0 Å². The highest BCUT2D eigenvalue weighted by molar-refractivity contribution is 6.35. The van der Waals surface area contributed by atoms with Gasteiger partial charge in [0.2, 0.25) is 5.72 Å². The van der Waals surface area contributed by atoms with Gasteiger partial charge in [0.1, 0.15) is 0 Å². The number of benzene rings is 1. The summed E-state index contributed by atoms with van der Waals surface area (Å²) < 4.78 is 23.2. The highest BCUT2D eigenvalue weighted by Gasteiger charge is 2.60. The number of carbonyl (C=O) groups is 2. The van der Waals surface area contributed by atoms with Crippen molar-refractivity contribution in [2.45, 2.75) is 44.1 Å². The van der Waals surface area contributed by atoms with E-state index in [1.165, 1.54) is 7.11 Å². The first kappa shape index (κ1) is 21.3. The van der Waals surface area contributed by atoms with Gasteiger partial charge in [-0.05, 0) is 31.7 Å². The van der Waals surface area contributed by atoms with Crippen LogP contribution < -0.4 is 9.47 Å². The van der Waals surface area contributed by atoms with Gasteiger partial charge < -0.3 is 18.9 Å². The lowest BCUT2D eigenvalue weighted by Gasteiger charge is -2.44. The number of likely N-dealkylation sites (tertiary alicyclic amines) is 1. The van der Waals surface area contributed by atoms with E-state index >= 15 is 0 Å². The highest BCUT2D eigenvalue weighted by atomic mass is 35.5. The third-order valence-corrected chi connectivity index (χ3v) is 6.23. The number of carbonyl (C=O) groups excluding carboxylic acids is 2. The van der Waals surface area contributed by atoms with Crippen molar-refractivity contribution in [3.8, 4) is 11.5 Å². The van der Waals surface area contributed by atoms with Gasteiger partial charge in [-0.15, -0.1) is 0 Å². The Hall–Kier alpha value is -1.96. The van der Waals surface area contributed by atoms with Crippen molar-refractivity contribution in [1.29, 1.82) is 0 Å². The average molecular weight is 456 g/mol. The third kappa shape index (κ3) is 3.98. The van der Waals surface area contributed by atoms with E-state index in [1.807, 2.05) is 0 Å². The molecule has 162 valence electrons. The average Bonchev–Trinajstić information content (AvgIpc) is 3.43. The predicted molar refractivity (Wildman–Crippen MR) is 110 cm³/mol. The fourth-order valence-electron chi connectivity index (χ4n) is 4.19. The van der Waals surface area contributed by atoms with Gasteiger partial charge in [0.05, 0.1) is 12.1 Å². The van der Waals surface area contributed by atoms with Crippen molar-refractivity contribution in [1.82, 2.24) is 4.90 Å². The molecule has 0 radical (unpaired) electrons. The fraction of sp³-hybridized carbons (Fsp3) is 0.524. The van der Waals surface area contributed by atoms with Gasteiger partial charge >= 0.3 is 11.9 Å². The van der Waals surface area contributed by atoms with Crippen LogP contribution in [-0.2, 0) is 19.1 Å². The Kier molecular flexibility index (Phi) is 5.88. The van der Waals surface area contributed by atoms with Crippen LogP contribution in [0.15, 0.2) is 24.3 Å². The molecule has 7 nitrogen and oxygen atoms in total. The van der Waals surface area contributed by atoms with Crippen LogP contribution in [0.1, 0.15) is 26.2 Å². The van der Waals surface area contributed by atoms with Crippen molar-refractivity contribution in [2.75, 3.05) is 20.2 Å². The summed E-state index contributed by atoms with van der Waals surface area (Å²) >= 11 is 12.4. The molecule has 0 spiro atoms. The van der Waals surface area contributed by atoms with Gasteiger partial charge in [0.15, 0.2) is 23.7 Å². The molecular formula is C21H23Cl2NO6. The van der Waals surface area contributed by atoms with Crippen LogP contribution in [0.2, 0.25) is 10.0 Å². The molecule has 3 atom stereocenters. The number of fused-ring (bicyclic) bond motifs is 1. The molecular weight excluding hydrogens is 433 g/mol. The summed E-state index contributed by atoms with van der Waals surface area (Å²) in [7, 11) is 1.48. The molecule has 0 amide bonds. The second kappa shape index (κ2) is 8.29. The number of esters is 2. The van der Waals surface area contributed by atoms with E-state index in [0.717, 1.165) is 31.5 Å². The lowest BCUT2D eigenvalue weighted by molar-refractivity contribution is -0.227. The number of methoxy groups -OCH3 is 1. The van der Waals surface area contributed by atoms with Gasteiger partial charge in [0, 0.05) is 42.8 Å². The molecule has 2 heterocycles. The van der Waals surface area contributed by atoms with E-state index < -0.39 is 29.9 Å². The summed E-state index contributed by atoms with van der Waals surface area (Å²) in [6.07, 6.45) is 3.55. The van der Waals surface area contributed by atoms with E-state index in [0.29, 0.717) is 40.4 Å². The Balaban J connectivity index is 1.73. The third-order valence-electron chi connectivity index (χ3n) is 5.73. The van der Waals surface area contributed by atoms with Crippen LogP contribution in [-0.4, -0.2) is 55.0 Å². The molecule has 30 heavy (non-hydrogen) atoms. The first-order valence-corrected chi connectivity index (χ1v) is 10.7. The van der Waals surface area contributed by atoms with Crippen molar-refractivity contribution in [2.24, 2.45) is 5.92 Å². The monoisotopic (exact) mass is 455 g/mol. The largest absolute Gasteiger partial charge is 0.491 e. The minimum absolute atomic E-state index is 0.298. The summed E-state index contributed by atoms with van der Waals surface area (Å²) in [4.78, 5) is 26.7. The van der Waals surface area contributed by atoms with Crippen LogP contribution in [0.25, 0.3) is 0 Å². The summed E-state index contributed by atoms with van der Waals surface area (Å²) in [5.74, 6) is -0.0373. The summed E-state index contributed by atoms with van der Waals surface area (Å²) in [5.41, 5.74) is -1.28. The summed E-state index contributed by atoms with van der Waals surface area (Å²) in [6.45, 7) is 3.12. The Bertz CT molecular complexity index is 886. The van der Waals surface area contributed by atoms with Crippen molar-refractivity contribution >= 4 is 35.1 Å². The predicted octanol–water partition coefficient (Wildman–Crippen LogP) is 3.61. The molecule has 1 saturated heterocycles. The number of hydrogen-bond acceptors (Lipinski definition) is 7. The van der Waals surface area contributed by atoms with Crippen molar-refractivity contribution < 1.29 is 28.5 Å². The Labute approximate surface area is 184 Å². The van der Waals surface area contributed by atoms with Crippen molar-refractivity contribution in [3.63, 3.8) is 0 Å². The molecule has 3 unspecified atom stereocenters. The second-order valence-electron chi connectivity index (χ2n) is 7.79. The molecule has 0 N–H and O–H groups in total. The SMILES string of the molecule is COc1c(Cl)cc(Cl)cc1OC(C)C12OC(=O)/C=C/C(=O)OC1CCN2CC1CC1. The standard InChI is InChI=1S/C21H23Cl2NO6/c1-12(28-16-10-14(22)9-15(23)20(16)27-2)21-17(7-8-24(21)11-13-3-4-13)29-18(25)5-6-19(26)30-21/h5-6,9-10,12-13,17H,3-4,7-8,11H2,1-2H3/b6-5+. The normalized spacial score (nSPS) is 28.6. The van der Waals surface area contributed by atoms with Gasteiger partial charge in [-0.25, -0.2) is 9.59 Å². The van der Waals surface area contributed by atoms with Crippen LogP contribution in [0.3, 0.4) is 0 Å². The molecule has 2 fully saturated rings. The summed E-state index contributed by atoms with van der Waals surface area (Å²) in [6, 6.07) is 3.14. The topological polar surface area (TPSA) is 74.3 Å². The number of halogens is 2. The number of hydrogen-bond donors (Lipinski definition) is 0. The number of rotatable bonds is 6. The number of ether oxygens (including phenoxy) is 4. The second-order valence-corrected chi connectivity index (χ2v) is 8.63. The molecule has 9 heteroatoms. The molecule has 1 aromatic carbocycles. The fourth-order valence-corrected chi connectivity index (χ4v) is 4.74. The Morgan fingerprint density at radius 1 is 1.20 bits per heavy atom. The van der Waals surface area contributed by atoms with E-state index in [9.17, 15) is 9.59 Å². The highest BCUT2D eigenvalue weighted by Crippen LogP contribution is 2.44. The van der Waals surface area contributed by atoms with Gasteiger partial charge in [-0.3, -0.25) is 4.90 Å². The Morgan fingerprint density at radius 3 is 2.63 bits per heavy atom. The van der Waals surface area contributed by atoms with Crippen LogP contribution >= 0.6 is 23.2 Å². The van der Waals surface area contributed by atoms with E-state index in [1.54, 1.807) is 19.1 Å². The molecule has 0 bridgehead atoms. The van der Waals surface area contributed by atoms with Crippen LogP contribution in [0, 0.1) is 5.92 Å². The quantitative estimate of drug-likeness (QED) is 0.606. The van der Waals surface area contributed by atoms with Crippen LogP contribution in [0.5, 0.6) is 11.5 Å². The van der Waals surface area contributed by atoms with E-state index in [2.05, 4.69) is 4.90 Å². The minimum Gasteiger partial charge on any atom is -0.491 e. The van der Waals surface area contributed by atoms with Crippen molar-refractivity contribution in [3.05, 3.63) is 34.3 Å². The van der Waals surface area contributed by atoms with E-state index in [4.69, 9.17) is 42.1 Å². The maximum atomic E-state index is 12.5. The zero-order valence-electron chi connectivity index (χ0n) is 16.7. The zero-order valence-corrected chi connectivity index (χ0v) is 18.2. The first-order chi connectivity index (χ1) is 14.3. The molecule has 1 saturated carbocycles. The zero-order chi connectivity index (χ0) is 21.5. The van der Waals surface area contributed by atoms with Gasteiger partial charge in [-0.1, -0.05) is 23.2 Å². The smallest absolute Gasteiger partial charge is 0.333 e. The van der Waals surface area contributed by atoms with E-state index in [-0.39, 0.29) is 0 Å². The number of nitrogens with zero attached hydrogens (tertiary/aromatic N) is 1. The molecule has 1 aromatic rings. The molecule has 0 aromatic heterocycles. The molecule has 4 rings (SSSR count). The van der Waals surface area contributed by atoms with Gasteiger partial charge in [0.25, 0.3) is 0 Å². The summed E-state index contributed by atoms with van der Waals surface area (Å²) in [5, 5.41) is 0.675. The molecule has 3 aliphatic rings. The minimum atomic E-state index is -1.28.